The first kappa shape index (κ1) is 20.4. The minimum Gasteiger partial charge on any atom is -0.508 e. The van der Waals surface area contributed by atoms with Crippen molar-refractivity contribution in [3.05, 3.63) is 47.5 Å². The van der Waals surface area contributed by atoms with E-state index < -0.39 is 48.3 Å². The van der Waals surface area contributed by atoms with Crippen LogP contribution < -0.4 is 9.47 Å². The number of ether oxygens (including phenoxy) is 3. The zero-order valence-corrected chi connectivity index (χ0v) is 15.5. The zero-order valence-electron chi connectivity index (χ0n) is 15.5. The maximum absolute atomic E-state index is 12.5. The summed E-state index contributed by atoms with van der Waals surface area (Å²) in [6, 6.07) is 8.16. The van der Waals surface area contributed by atoms with Gasteiger partial charge in [-0.3, -0.25) is 4.79 Å². The minimum absolute atomic E-state index is 0.0561. The number of hydrogen-bond donors (Lipinski definition) is 6. The molecule has 0 saturated carbocycles. The Morgan fingerprint density at radius 2 is 1.67 bits per heavy atom. The van der Waals surface area contributed by atoms with E-state index in [2.05, 4.69) is 0 Å². The molecule has 0 amide bonds. The van der Waals surface area contributed by atoms with Crippen molar-refractivity contribution in [1.29, 1.82) is 0 Å². The van der Waals surface area contributed by atoms with Crippen molar-refractivity contribution < 1.29 is 49.6 Å². The second kappa shape index (κ2) is 7.74. The van der Waals surface area contributed by atoms with Gasteiger partial charge in [0.25, 0.3) is 0 Å². The number of phenols is 2. The first-order chi connectivity index (χ1) is 14.3. The number of fused-ring (bicyclic) bond motifs is 1. The highest BCUT2D eigenvalue weighted by molar-refractivity contribution is 6.05. The van der Waals surface area contributed by atoms with Gasteiger partial charge in [0.05, 0.1) is 6.61 Å². The van der Waals surface area contributed by atoms with Gasteiger partial charge in [0.15, 0.2) is 12.2 Å². The molecule has 10 heteroatoms. The monoisotopic (exact) mass is 420 g/mol. The molecule has 2 heterocycles. The van der Waals surface area contributed by atoms with Crippen molar-refractivity contribution in [3.63, 3.8) is 0 Å². The lowest BCUT2D eigenvalue weighted by Gasteiger charge is -2.35. The maximum Gasteiger partial charge on any atom is 0.228 e. The Bertz CT molecular complexity index is 943. The number of rotatable bonds is 3. The van der Waals surface area contributed by atoms with Crippen LogP contribution in [0.3, 0.4) is 0 Å². The van der Waals surface area contributed by atoms with Gasteiger partial charge in [-0.05, 0) is 17.7 Å². The third kappa shape index (κ3) is 3.55. The molecule has 160 valence electrons. The van der Waals surface area contributed by atoms with E-state index in [4.69, 9.17) is 14.2 Å². The van der Waals surface area contributed by atoms with Crippen molar-refractivity contribution >= 4 is 5.78 Å². The number of aromatic hydroxyl groups is 2. The summed E-state index contributed by atoms with van der Waals surface area (Å²) in [5, 5.41) is 59.0. The second-order valence-corrected chi connectivity index (χ2v) is 7.12. The molecule has 2 aliphatic heterocycles. The molecule has 30 heavy (non-hydrogen) atoms. The van der Waals surface area contributed by atoms with Crippen molar-refractivity contribution in [1.82, 2.24) is 0 Å². The number of benzene rings is 2. The molecule has 0 bridgehead atoms. The van der Waals surface area contributed by atoms with Gasteiger partial charge in [0.2, 0.25) is 12.1 Å². The molecule has 4 rings (SSSR count). The standard InChI is InChI=1S/C20H20O10/c21-9-5-11(22)14-13(6-9)30-19(17(26)16(14)25)8-1-3-10(4-2-8)29-20-18(27)15(24)12(23)7-28-20/h1-6,12,15,17-24,26-27H,7H2/t12-,15-,17-,18-,19+,20+/m1/s1. The molecule has 0 aromatic heterocycles. The fourth-order valence-electron chi connectivity index (χ4n) is 3.42. The molecule has 2 aromatic rings. The molecule has 0 aliphatic carbocycles. The average Bonchev–Trinajstić information content (AvgIpc) is 2.71. The molecule has 6 atom stereocenters. The molecule has 0 unspecified atom stereocenters. The normalized spacial score (nSPS) is 31.0. The van der Waals surface area contributed by atoms with E-state index in [1.807, 2.05) is 0 Å². The second-order valence-electron chi connectivity index (χ2n) is 7.12. The van der Waals surface area contributed by atoms with E-state index in [-0.39, 0.29) is 29.4 Å². The predicted molar refractivity (Wildman–Crippen MR) is 98.3 cm³/mol. The van der Waals surface area contributed by atoms with Crippen LogP contribution >= 0.6 is 0 Å². The molecule has 6 N–H and O–H groups in total. The Balaban J connectivity index is 1.52. The van der Waals surface area contributed by atoms with Crippen LogP contribution in [0.4, 0.5) is 0 Å². The van der Waals surface area contributed by atoms with Crippen LogP contribution in [0.15, 0.2) is 36.4 Å². The summed E-state index contributed by atoms with van der Waals surface area (Å²) in [5.74, 6) is -1.32. The van der Waals surface area contributed by atoms with Crippen molar-refractivity contribution in [2.75, 3.05) is 6.61 Å². The summed E-state index contributed by atoms with van der Waals surface area (Å²) in [5.41, 5.74) is 0.206. The van der Waals surface area contributed by atoms with E-state index in [0.29, 0.717) is 5.56 Å². The molecular weight excluding hydrogens is 400 g/mol. The van der Waals surface area contributed by atoms with Crippen LogP contribution in [0, 0.1) is 0 Å². The third-order valence-corrected chi connectivity index (χ3v) is 5.04. The van der Waals surface area contributed by atoms with Crippen LogP contribution in [0.5, 0.6) is 23.0 Å². The third-order valence-electron chi connectivity index (χ3n) is 5.04. The zero-order chi connectivity index (χ0) is 21.6. The van der Waals surface area contributed by atoms with Crippen molar-refractivity contribution in [2.45, 2.75) is 36.8 Å². The molecule has 2 aliphatic rings. The highest BCUT2D eigenvalue weighted by Gasteiger charge is 2.40. The lowest BCUT2D eigenvalue weighted by molar-refractivity contribution is -0.242. The Hall–Kier alpha value is -2.89. The van der Waals surface area contributed by atoms with Gasteiger partial charge in [0.1, 0.15) is 46.9 Å². The summed E-state index contributed by atoms with van der Waals surface area (Å²) in [6.07, 6.45) is -7.94. The maximum atomic E-state index is 12.5. The fourth-order valence-corrected chi connectivity index (χ4v) is 3.42. The van der Waals surface area contributed by atoms with Crippen molar-refractivity contribution in [3.8, 4) is 23.0 Å². The predicted octanol–water partition coefficient (Wildman–Crippen LogP) is -0.407. The highest BCUT2D eigenvalue weighted by atomic mass is 16.7. The van der Waals surface area contributed by atoms with Crippen LogP contribution in [-0.4, -0.2) is 73.7 Å². The quantitative estimate of drug-likeness (QED) is 0.384. The average molecular weight is 420 g/mol. The molecule has 1 fully saturated rings. The first-order valence-corrected chi connectivity index (χ1v) is 9.13. The number of carbonyl (C=O) groups excluding carboxylic acids is 1. The van der Waals surface area contributed by atoms with Gasteiger partial charge in [-0.25, -0.2) is 0 Å². The largest absolute Gasteiger partial charge is 0.508 e. The number of aliphatic hydroxyl groups excluding tert-OH is 4. The smallest absolute Gasteiger partial charge is 0.228 e. The van der Waals surface area contributed by atoms with Gasteiger partial charge in [-0.15, -0.1) is 0 Å². The van der Waals surface area contributed by atoms with E-state index in [0.717, 1.165) is 6.07 Å². The van der Waals surface area contributed by atoms with Crippen LogP contribution in [-0.2, 0) is 4.74 Å². The number of ketones is 1. The molecule has 0 spiro atoms. The van der Waals surface area contributed by atoms with E-state index in [9.17, 15) is 35.4 Å². The number of aliphatic hydroxyl groups is 4. The molecule has 2 aromatic carbocycles. The van der Waals surface area contributed by atoms with Gasteiger partial charge >= 0.3 is 0 Å². The van der Waals surface area contributed by atoms with Gasteiger partial charge in [-0.1, -0.05) is 12.1 Å². The van der Waals surface area contributed by atoms with Crippen LogP contribution in [0.2, 0.25) is 0 Å². The van der Waals surface area contributed by atoms with E-state index in [1.54, 1.807) is 0 Å². The van der Waals surface area contributed by atoms with Gasteiger partial charge in [0, 0.05) is 12.1 Å². The highest BCUT2D eigenvalue weighted by Crippen LogP contribution is 2.42. The lowest BCUT2D eigenvalue weighted by atomic mass is 9.93. The van der Waals surface area contributed by atoms with Gasteiger partial charge < -0.3 is 44.8 Å². The SMILES string of the molecule is O=C1c2c(O)cc(O)cc2O[C@@H](c2ccc(O[C@@H]3OC[C@@H](O)[C@@H](O)[C@H]3O)cc2)[C@@H]1O. The first-order valence-electron chi connectivity index (χ1n) is 9.13. The molecule has 10 nitrogen and oxygen atoms in total. The fraction of sp³-hybridized carbons (Fsp3) is 0.350. The van der Waals surface area contributed by atoms with Crippen molar-refractivity contribution in [2.24, 2.45) is 0 Å². The molecule has 0 radical (unpaired) electrons. The number of phenolic OH excluding ortho intramolecular Hbond substituents is 2. The number of hydrogen-bond acceptors (Lipinski definition) is 10. The Labute approximate surface area is 170 Å². The Morgan fingerprint density at radius 1 is 0.967 bits per heavy atom. The molecule has 1 saturated heterocycles. The number of carbonyl (C=O) groups is 1. The Kier molecular flexibility index (Phi) is 5.26. The Morgan fingerprint density at radius 3 is 2.37 bits per heavy atom. The summed E-state index contributed by atoms with van der Waals surface area (Å²) in [6.45, 7) is -0.204. The van der Waals surface area contributed by atoms with Gasteiger partial charge in [-0.2, -0.15) is 0 Å². The summed E-state index contributed by atoms with van der Waals surface area (Å²) < 4.78 is 16.3. The number of Topliss-reactive ketones (excluding diaryl/α,β-unsaturated/α-hetero) is 1. The minimum atomic E-state index is -1.58. The van der Waals surface area contributed by atoms with E-state index in [1.165, 1.54) is 30.3 Å². The van der Waals surface area contributed by atoms with E-state index >= 15 is 0 Å². The summed E-state index contributed by atoms with van der Waals surface area (Å²) in [7, 11) is 0. The molecular formula is C20H20O10. The van der Waals surface area contributed by atoms with Crippen LogP contribution in [0.25, 0.3) is 0 Å². The topological polar surface area (TPSA) is 166 Å². The lowest BCUT2D eigenvalue weighted by Crippen LogP contribution is -2.54. The summed E-state index contributed by atoms with van der Waals surface area (Å²) in [4.78, 5) is 12.5. The van der Waals surface area contributed by atoms with Crippen LogP contribution in [0.1, 0.15) is 22.0 Å². The summed E-state index contributed by atoms with van der Waals surface area (Å²) >= 11 is 0.